The first kappa shape index (κ1) is 47.1. The van der Waals surface area contributed by atoms with Crippen LogP contribution in [0.3, 0.4) is 0 Å². The van der Waals surface area contributed by atoms with E-state index in [0.29, 0.717) is 102 Å². The van der Waals surface area contributed by atoms with Gasteiger partial charge in [0.15, 0.2) is 11.2 Å². The summed E-state index contributed by atoms with van der Waals surface area (Å²) >= 11 is 0. The fourth-order valence-electron chi connectivity index (χ4n) is 9.04. The van der Waals surface area contributed by atoms with Gasteiger partial charge in [-0.15, -0.1) is 0 Å². The molecule has 4 rings (SSSR count). The van der Waals surface area contributed by atoms with Gasteiger partial charge < -0.3 is 28.4 Å². The second-order valence-electron chi connectivity index (χ2n) is 16.9. The molecular formula is C48H70O10. The first-order valence-corrected chi connectivity index (χ1v) is 22.4. The van der Waals surface area contributed by atoms with Gasteiger partial charge >= 0.3 is 23.9 Å². The average molecular weight is 807 g/mol. The number of carbonyl (C=O) groups excluding carboxylic acids is 4. The molecule has 10 heteroatoms. The molecule has 0 bridgehead atoms. The van der Waals surface area contributed by atoms with Gasteiger partial charge in [0.05, 0.1) is 50.5 Å². The van der Waals surface area contributed by atoms with Crippen LogP contribution in [-0.4, -0.2) is 73.7 Å². The summed E-state index contributed by atoms with van der Waals surface area (Å²) in [6, 6.07) is 0. The van der Waals surface area contributed by atoms with E-state index < -0.39 is 23.1 Å². The molecule has 322 valence electrons. The topological polar surface area (TPSA) is 124 Å². The van der Waals surface area contributed by atoms with Gasteiger partial charge in [-0.05, 0) is 138 Å². The Bertz CT molecular complexity index is 1340. The minimum absolute atomic E-state index is 0.0772. The third kappa shape index (κ3) is 15.9. The van der Waals surface area contributed by atoms with Crippen molar-refractivity contribution in [1.29, 1.82) is 0 Å². The summed E-state index contributed by atoms with van der Waals surface area (Å²) in [6.07, 6.45) is 20.8. The van der Waals surface area contributed by atoms with Crippen molar-refractivity contribution in [3.8, 4) is 23.7 Å². The molecule has 4 saturated carbocycles. The molecule has 0 unspecified atom stereocenters. The highest BCUT2D eigenvalue weighted by Gasteiger charge is 2.41. The first-order chi connectivity index (χ1) is 28.1. The molecular weight excluding hydrogens is 737 g/mol. The van der Waals surface area contributed by atoms with Crippen molar-refractivity contribution in [3.63, 3.8) is 0 Å². The van der Waals surface area contributed by atoms with Crippen LogP contribution >= 0.6 is 0 Å². The standard InChI is InChI=1S/C48H70O10/c1-5-13-37-23-29-47(30-24-37,57-45(51)39-15-19-41(20-16-39)53-33-11-35-55-43(49)7-3)27-9-10-28-48(31-25-38(14-6-2)26-32-48)58-46(52)40-17-21-42(22-18-40)54-34-12-36-56-44(50)8-4/h7-8,37-42H,3-6,11-26,29-36H2,1-2H3. The van der Waals surface area contributed by atoms with Crippen LogP contribution in [0.5, 0.6) is 0 Å². The molecule has 0 aromatic heterocycles. The summed E-state index contributed by atoms with van der Waals surface area (Å²) < 4.78 is 34.8. The Hall–Kier alpha value is -3.60. The molecule has 4 fully saturated rings. The van der Waals surface area contributed by atoms with E-state index in [1.807, 2.05) is 0 Å². The average Bonchev–Trinajstić information content (AvgIpc) is 3.24. The van der Waals surface area contributed by atoms with Crippen LogP contribution in [0.1, 0.15) is 155 Å². The summed E-state index contributed by atoms with van der Waals surface area (Å²) in [4.78, 5) is 49.9. The van der Waals surface area contributed by atoms with E-state index in [4.69, 9.17) is 28.4 Å². The van der Waals surface area contributed by atoms with E-state index >= 15 is 0 Å². The number of esters is 4. The smallest absolute Gasteiger partial charge is 0.330 e. The van der Waals surface area contributed by atoms with Crippen molar-refractivity contribution in [3.05, 3.63) is 25.3 Å². The summed E-state index contributed by atoms with van der Waals surface area (Å²) in [5, 5.41) is 0. The van der Waals surface area contributed by atoms with Crippen molar-refractivity contribution >= 4 is 23.9 Å². The number of hydrogen-bond donors (Lipinski definition) is 0. The van der Waals surface area contributed by atoms with E-state index in [1.165, 1.54) is 0 Å². The Morgan fingerprint density at radius 1 is 0.552 bits per heavy atom. The Labute approximate surface area is 348 Å². The zero-order valence-corrected chi connectivity index (χ0v) is 35.5. The normalized spacial score (nSPS) is 29.6. The quantitative estimate of drug-likeness (QED) is 0.0387. The van der Waals surface area contributed by atoms with Gasteiger partial charge in [0.1, 0.15) is 0 Å². The molecule has 0 spiro atoms. The van der Waals surface area contributed by atoms with Gasteiger partial charge in [-0.25, -0.2) is 9.59 Å². The summed E-state index contributed by atoms with van der Waals surface area (Å²) in [7, 11) is 0. The molecule has 0 aromatic rings. The molecule has 58 heavy (non-hydrogen) atoms. The Balaban J connectivity index is 1.35. The maximum absolute atomic E-state index is 13.7. The fourth-order valence-corrected chi connectivity index (χ4v) is 9.04. The van der Waals surface area contributed by atoms with Crippen molar-refractivity contribution in [2.75, 3.05) is 26.4 Å². The third-order valence-corrected chi connectivity index (χ3v) is 12.6. The van der Waals surface area contributed by atoms with Gasteiger partial charge in [-0.3, -0.25) is 9.59 Å². The fraction of sp³-hybridized carbons (Fsp3) is 0.750. The highest BCUT2D eigenvalue weighted by Crippen LogP contribution is 2.40. The second-order valence-corrected chi connectivity index (χ2v) is 16.9. The molecule has 0 radical (unpaired) electrons. The SMILES string of the molecule is C=CC(=O)OCCCOC1CCC(C(=O)OC2(C#CC#CC3(OC(=O)C4CCC(OCCCOC(=O)C=C)CC4)CCC(CCC)CC3)CCC(CCC)CC2)CC1. The minimum Gasteiger partial charge on any atom is -0.462 e. The van der Waals surface area contributed by atoms with Crippen molar-refractivity contribution in [2.24, 2.45) is 23.7 Å². The molecule has 0 saturated heterocycles. The molecule has 0 aliphatic heterocycles. The lowest BCUT2D eigenvalue weighted by Crippen LogP contribution is -2.41. The van der Waals surface area contributed by atoms with E-state index in [-0.39, 0.29) is 36.0 Å². The van der Waals surface area contributed by atoms with Crippen LogP contribution in [0, 0.1) is 47.4 Å². The predicted octanol–water partition coefficient (Wildman–Crippen LogP) is 8.93. The van der Waals surface area contributed by atoms with Gasteiger partial charge in [0.2, 0.25) is 0 Å². The molecule has 4 aliphatic rings. The van der Waals surface area contributed by atoms with Crippen LogP contribution in [0.4, 0.5) is 0 Å². The van der Waals surface area contributed by atoms with Crippen LogP contribution in [-0.2, 0) is 47.6 Å². The van der Waals surface area contributed by atoms with E-state index in [0.717, 1.165) is 89.2 Å². The number of carbonyl (C=O) groups is 4. The van der Waals surface area contributed by atoms with Gasteiger partial charge in [0.25, 0.3) is 0 Å². The van der Waals surface area contributed by atoms with E-state index in [2.05, 4.69) is 50.7 Å². The highest BCUT2D eigenvalue weighted by molar-refractivity contribution is 5.81. The van der Waals surface area contributed by atoms with Crippen molar-refractivity contribution in [1.82, 2.24) is 0 Å². The molecule has 0 N–H and O–H groups in total. The summed E-state index contributed by atoms with van der Waals surface area (Å²) in [6.45, 7) is 12.8. The van der Waals surface area contributed by atoms with Gasteiger partial charge in [-0.1, -0.05) is 52.7 Å². The summed E-state index contributed by atoms with van der Waals surface area (Å²) in [5.74, 6) is 12.6. The highest BCUT2D eigenvalue weighted by atomic mass is 16.6. The molecule has 0 aromatic carbocycles. The second kappa shape index (κ2) is 25.1. The van der Waals surface area contributed by atoms with Crippen molar-refractivity contribution < 1.29 is 47.6 Å². The first-order valence-electron chi connectivity index (χ1n) is 22.4. The zero-order valence-electron chi connectivity index (χ0n) is 35.5. The van der Waals surface area contributed by atoms with Crippen LogP contribution < -0.4 is 0 Å². The number of rotatable bonds is 20. The Morgan fingerprint density at radius 3 is 1.24 bits per heavy atom. The van der Waals surface area contributed by atoms with Crippen molar-refractivity contribution in [2.45, 2.75) is 179 Å². The maximum atomic E-state index is 13.7. The van der Waals surface area contributed by atoms with Gasteiger partial charge in [0, 0.05) is 25.0 Å². The monoisotopic (exact) mass is 806 g/mol. The molecule has 10 nitrogen and oxygen atoms in total. The Morgan fingerprint density at radius 2 is 0.914 bits per heavy atom. The number of ether oxygens (including phenoxy) is 6. The van der Waals surface area contributed by atoms with Crippen LogP contribution in [0.2, 0.25) is 0 Å². The molecule has 0 heterocycles. The van der Waals surface area contributed by atoms with E-state index in [9.17, 15) is 19.2 Å². The number of hydrogen-bond acceptors (Lipinski definition) is 10. The van der Waals surface area contributed by atoms with Crippen LogP contribution in [0.25, 0.3) is 0 Å². The largest absolute Gasteiger partial charge is 0.462 e. The predicted molar refractivity (Wildman–Crippen MR) is 222 cm³/mol. The molecule has 0 atom stereocenters. The lowest BCUT2D eigenvalue weighted by atomic mass is 9.76. The van der Waals surface area contributed by atoms with Crippen LogP contribution in [0.15, 0.2) is 25.3 Å². The van der Waals surface area contributed by atoms with Gasteiger partial charge in [-0.2, -0.15) is 0 Å². The lowest BCUT2D eigenvalue weighted by Gasteiger charge is -2.38. The summed E-state index contributed by atoms with van der Waals surface area (Å²) in [5.41, 5.74) is -1.74. The molecule has 4 aliphatic carbocycles. The van der Waals surface area contributed by atoms with E-state index in [1.54, 1.807) is 0 Å². The lowest BCUT2D eigenvalue weighted by molar-refractivity contribution is -0.165. The Kier molecular flexibility index (Phi) is 20.4. The third-order valence-electron chi connectivity index (χ3n) is 12.6. The zero-order chi connectivity index (χ0) is 41.6. The maximum Gasteiger partial charge on any atom is 0.330 e. The minimum atomic E-state index is -0.869. The molecule has 0 amide bonds.